The lowest BCUT2D eigenvalue weighted by molar-refractivity contribution is 0.0289. The molecule has 0 fully saturated rings. The maximum Gasteiger partial charge on any atom is 0.123 e. The van der Waals surface area contributed by atoms with Crippen LogP contribution in [0.3, 0.4) is 0 Å². The van der Waals surface area contributed by atoms with E-state index in [9.17, 15) is 5.11 Å². The second-order valence-electron chi connectivity index (χ2n) is 8.23. The van der Waals surface area contributed by atoms with Crippen LogP contribution in [0, 0.1) is 6.92 Å². The predicted molar refractivity (Wildman–Crippen MR) is 123 cm³/mol. The molecule has 1 aliphatic rings. The standard InChI is InChI=1S/C27H31NO3/c1-20-7-6-8-21(15-20)17-30-19-23(29)16-28-14-13-25-24-10-3-2-9-22(24)18-31-27-12-5-4-11-26(25)27/h2-12,15,23,25,28-29H,13-14,16-19H2,1H3. The highest BCUT2D eigenvalue weighted by Gasteiger charge is 2.23. The molecule has 0 spiro atoms. The van der Waals surface area contributed by atoms with Gasteiger partial charge in [0, 0.05) is 18.0 Å². The van der Waals surface area contributed by atoms with Crippen LogP contribution in [-0.4, -0.2) is 30.9 Å². The van der Waals surface area contributed by atoms with Crippen molar-refractivity contribution in [3.8, 4) is 5.75 Å². The maximum atomic E-state index is 10.3. The van der Waals surface area contributed by atoms with Crippen molar-refractivity contribution in [2.24, 2.45) is 0 Å². The topological polar surface area (TPSA) is 50.7 Å². The molecule has 3 aromatic rings. The van der Waals surface area contributed by atoms with Gasteiger partial charge in [-0.25, -0.2) is 0 Å². The third-order valence-electron chi connectivity index (χ3n) is 5.76. The molecule has 1 heterocycles. The van der Waals surface area contributed by atoms with Crippen molar-refractivity contribution in [3.63, 3.8) is 0 Å². The summed E-state index contributed by atoms with van der Waals surface area (Å²) in [6.45, 7) is 4.84. The number of hydrogen-bond acceptors (Lipinski definition) is 4. The average Bonchev–Trinajstić information content (AvgIpc) is 2.94. The Bertz CT molecular complexity index is 940. The maximum absolute atomic E-state index is 10.3. The molecule has 31 heavy (non-hydrogen) atoms. The minimum atomic E-state index is -0.526. The van der Waals surface area contributed by atoms with Gasteiger partial charge in [-0.05, 0) is 42.6 Å². The van der Waals surface area contributed by atoms with Gasteiger partial charge in [-0.2, -0.15) is 0 Å². The van der Waals surface area contributed by atoms with E-state index in [-0.39, 0.29) is 5.92 Å². The van der Waals surface area contributed by atoms with Gasteiger partial charge in [-0.15, -0.1) is 0 Å². The van der Waals surface area contributed by atoms with Crippen LogP contribution >= 0.6 is 0 Å². The Morgan fingerprint density at radius 2 is 1.84 bits per heavy atom. The second kappa shape index (κ2) is 10.6. The molecule has 0 amide bonds. The van der Waals surface area contributed by atoms with Crippen molar-refractivity contribution < 1.29 is 14.6 Å². The van der Waals surface area contributed by atoms with Gasteiger partial charge in [-0.3, -0.25) is 0 Å². The molecule has 0 radical (unpaired) electrons. The molecule has 0 saturated heterocycles. The lowest BCUT2D eigenvalue weighted by atomic mass is 9.86. The summed E-state index contributed by atoms with van der Waals surface area (Å²) in [6, 6.07) is 25.1. The zero-order chi connectivity index (χ0) is 21.5. The molecule has 4 nitrogen and oxygen atoms in total. The second-order valence-corrected chi connectivity index (χ2v) is 8.23. The molecule has 2 unspecified atom stereocenters. The van der Waals surface area contributed by atoms with E-state index in [1.807, 2.05) is 18.2 Å². The molecule has 3 aromatic carbocycles. The zero-order valence-electron chi connectivity index (χ0n) is 18.1. The highest BCUT2D eigenvalue weighted by Crippen LogP contribution is 2.38. The van der Waals surface area contributed by atoms with E-state index in [0.29, 0.717) is 26.4 Å². The van der Waals surface area contributed by atoms with Gasteiger partial charge in [0.2, 0.25) is 0 Å². The lowest BCUT2D eigenvalue weighted by Crippen LogP contribution is -2.31. The normalized spacial score (nSPS) is 16.0. The van der Waals surface area contributed by atoms with Crippen molar-refractivity contribution in [2.45, 2.75) is 38.6 Å². The number of nitrogens with one attached hydrogen (secondary N) is 1. The highest BCUT2D eigenvalue weighted by atomic mass is 16.5. The smallest absolute Gasteiger partial charge is 0.123 e. The predicted octanol–water partition coefficient (Wildman–Crippen LogP) is 4.58. The molecular formula is C27H31NO3. The van der Waals surface area contributed by atoms with E-state index in [1.165, 1.54) is 22.3 Å². The van der Waals surface area contributed by atoms with Gasteiger partial charge < -0.3 is 19.9 Å². The van der Waals surface area contributed by atoms with Gasteiger partial charge in [0.1, 0.15) is 12.4 Å². The minimum absolute atomic E-state index is 0.275. The number of para-hydroxylation sites is 1. The molecule has 162 valence electrons. The summed E-state index contributed by atoms with van der Waals surface area (Å²) in [7, 11) is 0. The van der Waals surface area contributed by atoms with Gasteiger partial charge in [0.25, 0.3) is 0 Å². The van der Waals surface area contributed by atoms with Crippen LogP contribution in [0.2, 0.25) is 0 Å². The first-order chi connectivity index (χ1) is 15.2. The lowest BCUT2D eigenvalue weighted by Gasteiger charge is -2.20. The van der Waals surface area contributed by atoms with Crippen molar-refractivity contribution in [1.82, 2.24) is 5.32 Å². The molecule has 4 heteroatoms. The van der Waals surface area contributed by atoms with Crippen LogP contribution in [0.1, 0.15) is 40.2 Å². The summed E-state index contributed by atoms with van der Waals surface area (Å²) in [5, 5.41) is 13.7. The fourth-order valence-corrected chi connectivity index (χ4v) is 4.23. The quantitative estimate of drug-likeness (QED) is 0.501. The molecule has 4 rings (SSSR count). The number of benzene rings is 3. The Morgan fingerprint density at radius 3 is 2.71 bits per heavy atom. The zero-order valence-corrected chi connectivity index (χ0v) is 18.1. The third kappa shape index (κ3) is 5.73. The Kier molecular flexibility index (Phi) is 7.36. The molecule has 1 aliphatic heterocycles. The van der Waals surface area contributed by atoms with E-state index in [1.54, 1.807) is 0 Å². The summed E-state index contributed by atoms with van der Waals surface area (Å²) in [4.78, 5) is 0. The summed E-state index contributed by atoms with van der Waals surface area (Å²) in [6.07, 6.45) is 0.413. The number of aliphatic hydroxyl groups is 1. The van der Waals surface area contributed by atoms with E-state index >= 15 is 0 Å². The number of hydrogen-bond donors (Lipinski definition) is 2. The van der Waals surface area contributed by atoms with Gasteiger partial charge in [0.15, 0.2) is 0 Å². The number of aryl methyl sites for hydroxylation is 1. The minimum Gasteiger partial charge on any atom is -0.489 e. The monoisotopic (exact) mass is 417 g/mol. The van der Waals surface area contributed by atoms with Crippen LogP contribution in [0.15, 0.2) is 72.8 Å². The van der Waals surface area contributed by atoms with Crippen LogP contribution in [0.25, 0.3) is 0 Å². The van der Waals surface area contributed by atoms with Crippen LogP contribution < -0.4 is 10.1 Å². The Labute approximate surface area is 184 Å². The highest BCUT2D eigenvalue weighted by molar-refractivity contribution is 5.46. The molecule has 2 N–H and O–H groups in total. The SMILES string of the molecule is Cc1cccc(COCC(O)CNCCC2c3ccccc3COc3ccccc32)c1. The molecule has 0 bridgehead atoms. The first-order valence-corrected chi connectivity index (χ1v) is 11.0. The first kappa shape index (κ1) is 21.6. The number of aliphatic hydroxyl groups excluding tert-OH is 1. The average molecular weight is 418 g/mol. The summed E-state index contributed by atoms with van der Waals surface area (Å²) in [5.41, 5.74) is 6.16. The van der Waals surface area contributed by atoms with Gasteiger partial charge in [0.05, 0.1) is 19.3 Å². The van der Waals surface area contributed by atoms with Crippen LogP contribution in [0.4, 0.5) is 0 Å². The van der Waals surface area contributed by atoms with Crippen molar-refractivity contribution in [2.75, 3.05) is 19.7 Å². The molecular weight excluding hydrogens is 386 g/mol. The summed E-state index contributed by atoms with van der Waals surface area (Å²) in [5.74, 6) is 1.24. The van der Waals surface area contributed by atoms with Gasteiger partial charge in [-0.1, -0.05) is 72.3 Å². The fraction of sp³-hybridized carbons (Fsp3) is 0.333. The van der Waals surface area contributed by atoms with Crippen molar-refractivity contribution in [1.29, 1.82) is 0 Å². The van der Waals surface area contributed by atoms with E-state index in [0.717, 1.165) is 24.3 Å². The van der Waals surface area contributed by atoms with Crippen LogP contribution in [-0.2, 0) is 18.0 Å². The Morgan fingerprint density at radius 1 is 1.03 bits per heavy atom. The number of ether oxygens (including phenoxy) is 2. The Hall–Kier alpha value is -2.66. The molecule has 0 aromatic heterocycles. The molecule has 0 saturated carbocycles. The van der Waals surface area contributed by atoms with Crippen LogP contribution in [0.5, 0.6) is 5.75 Å². The van der Waals surface area contributed by atoms with Crippen molar-refractivity contribution >= 4 is 0 Å². The number of fused-ring (bicyclic) bond motifs is 2. The number of rotatable bonds is 9. The molecule has 2 atom stereocenters. The first-order valence-electron chi connectivity index (χ1n) is 11.0. The van der Waals surface area contributed by atoms with Crippen molar-refractivity contribution in [3.05, 3.63) is 101 Å². The molecule has 0 aliphatic carbocycles. The van der Waals surface area contributed by atoms with E-state index in [4.69, 9.17) is 9.47 Å². The summed E-state index contributed by atoms with van der Waals surface area (Å²) >= 11 is 0. The summed E-state index contributed by atoms with van der Waals surface area (Å²) < 4.78 is 11.7. The fourth-order valence-electron chi connectivity index (χ4n) is 4.23. The largest absolute Gasteiger partial charge is 0.489 e. The van der Waals surface area contributed by atoms with Gasteiger partial charge >= 0.3 is 0 Å². The van der Waals surface area contributed by atoms with E-state index < -0.39 is 6.10 Å². The third-order valence-corrected chi connectivity index (χ3v) is 5.76. The Balaban J connectivity index is 1.27. The van der Waals surface area contributed by atoms with E-state index in [2.05, 4.69) is 66.8 Å².